The minimum atomic E-state index is -0.189. The van der Waals surface area contributed by atoms with Gasteiger partial charge in [-0.05, 0) is 89.3 Å². The summed E-state index contributed by atoms with van der Waals surface area (Å²) in [4.78, 5) is 4.91. The SMILES string of the molecule is CC/C=C(\NCCNCCc1cc(C)c(Cc2nc(-c3ccc(C)cc3)cs2)cc1C)OC(C)(C)C. The normalized spacial score (nSPS) is 12.1. The molecule has 0 atom stereocenters. The molecule has 0 radical (unpaired) electrons. The summed E-state index contributed by atoms with van der Waals surface area (Å²) >= 11 is 1.75. The molecule has 5 heteroatoms. The average molecular weight is 506 g/mol. The monoisotopic (exact) mass is 505 g/mol. The van der Waals surface area contributed by atoms with Crippen molar-refractivity contribution in [2.24, 2.45) is 0 Å². The Morgan fingerprint density at radius 2 is 1.67 bits per heavy atom. The summed E-state index contributed by atoms with van der Waals surface area (Å²) in [6, 6.07) is 13.3. The molecule has 4 nitrogen and oxygen atoms in total. The van der Waals surface area contributed by atoms with Gasteiger partial charge in [0.1, 0.15) is 5.60 Å². The van der Waals surface area contributed by atoms with Gasteiger partial charge in [0.25, 0.3) is 0 Å². The molecule has 3 rings (SSSR count). The van der Waals surface area contributed by atoms with E-state index in [2.05, 4.69) is 107 Å². The summed E-state index contributed by atoms with van der Waals surface area (Å²) in [7, 11) is 0. The number of thiazole rings is 1. The lowest BCUT2D eigenvalue weighted by atomic mass is 9.96. The molecule has 0 spiro atoms. The molecule has 0 bridgehead atoms. The Hall–Kier alpha value is -2.63. The van der Waals surface area contributed by atoms with Crippen LogP contribution >= 0.6 is 11.3 Å². The summed E-state index contributed by atoms with van der Waals surface area (Å²) in [5.41, 5.74) is 8.83. The predicted octanol–water partition coefficient (Wildman–Crippen LogP) is 7.11. The number of ether oxygens (including phenoxy) is 1. The largest absolute Gasteiger partial charge is 0.474 e. The second-order valence-corrected chi connectivity index (χ2v) is 11.4. The molecule has 0 saturated heterocycles. The molecular weight excluding hydrogens is 462 g/mol. The van der Waals surface area contributed by atoms with Gasteiger partial charge in [0.2, 0.25) is 0 Å². The smallest absolute Gasteiger partial charge is 0.183 e. The Morgan fingerprint density at radius 1 is 0.972 bits per heavy atom. The van der Waals surface area contributed by atoms with Gasteiger partial charge in [-0.15, -0.1) is 11.3 Å². The molecule has 0 fully saturated rings. The fraction of sp³-hybridized carbons (Fsp3) is 0.452. The Bertz CT molecular complexity index is 1140. The maximum atomic E-state index is 5.98. The number of hydrogen-bond donors (Lipinski definition) is 2. The van der Waals surface area contributed by atoms with Crippen molar-refractivity contribution in [1.29, 1.82) is 0 Å². The van der Waals surface area contributed by atoms with Crippen LogP contribution in [0, 0.1) is 20.8 Å². The van der Waals surface area contributed by atoms with Crippen LogP contribution in [0.5, 0.6) is 0 Å². The van der Waals surface area contributed by atoms with E-state index in [-0.39, 0.29) is 5.60 Å². The van der Waals surface area contributed by atoms with Crippen molar-refractivity contribution in [1.82, 2.24) is 15.6 Å². The van der Waals surface area contributed by atoms with Crippen LogP contribution in [0.3, 0.4) is 0 Å². The van der Waals surface area contributed by atoms with Gasteiger partial charge in [-0.1, -0.05) is 48.9 Å². The van der Waals surface area contributed by atoms with E-state index in [4.69, 9.17) is 9.72 Å². The van der Waals surface area contributed by atoms with Gasteiger partial charge in [-0.3, -0.25) is 0 Å². The van der Waals surface area contributed by atoms with E-state index in [0.29, 0.717) is 0 Å². The van der Waals surface area contributed by atoms with Crippen molar-refractivity contribution in [3.63, 3.8) is 0 Å². The fourth-order valence-electron chi connectivity index (χ4n) is 4.09. The predicted molar refractivity (Wildman–Crippen MR) is 155 cm³/mol. The highest BCUT2D eigenvalue weighted by Gasteiger charge is 2.13. The van der Waals surface area contributed by atoms with Gasteiger partial charge >= 0.3 is 0 Å². The van der Waals surface area contributed by atoms with E-state index in [9.17, 15) is 0 Å². The van der Waals surface area contributed by atoms with Crippen LogP contribution < -0.4 is 10.6 Å². The fourth-order valence-corrected chi connectivity index (χ4v) is 4.92. The molecule has 0 aliphatic carbocycles. The maximum absolute atomic E-state index is 5.98. The van der Waals surface area contributed by atoms with Crippen molar-refractivity contribution >= 4 is 11.3 Å². The lowest BCUT2D eigenvalue weighted by Crippen LogP contribution is -2.32. The molecule has 0 amide bonds. The zero-order valence-corrected chi connectivity index (χ0v) is 23.9. The summed E-state index contributed by atoms with van der Waals surface area (Å²) in [6.45, 7) is 17.6. The van der Waals surface area contributed by atoms with Crippen molar-refractivity contribution < 1.29 is 4.74 Å². The Labute approximate surface area is 222 Å². The standard InChI is InChI=1S/C31H43N3OS/c1-8-9-29(35-31(5,6)7)33-17-16-32-15-14-26-18-24(4)27(19-23(26)3)20-30-34-28(21-36-30)25-12-10-22(2)11-13-25/h9-13,18-19,21,32-33H,8,14-17,20H2,1-7H3/b29-9+. The number of aryl methyl sites for hydroxylation is 3. The van der Waals surface area contributed by atoms with Crippen LogP contribution in [0.2, 0.25) is 0 Å². The molecule has 1 aromatic heterocycles. The van der Waals surface area contributed by atoms with E-state index in [1.165, 1.54) is 38.4 Å². The molecule has 2 N–H and O–H groups in total. The highest BCUT2D eigenvalue weighted by atomic mass is 32.1. The molecule has 0 aliphatic heterocycles. The summed E-state index contributed by atoms with van der Waals surface area (Å²) in [6.07, 6.45) is 4.97. The number of allylic oxidation sites excluding steroid dienone is 1. The second-order valence-electron chi connectivity index (χ2n) is 10.5. The van der Waals surface area contributed by atoms with Gasteiger partial charge < -0.3 is 15.4 Å². The van der Waals surface area contributed by atoms with Crippen LogP contribution in [0.4, 0.5) is 0 Å². The number of rotatable bonds is 12. The first-order chi connectivity index (χ1) is 17.1. The zero-order valence-electron chi connectivity index (χ0n) is 23.1. The summed E-state index contributed by atoms with van der Waals surface area (Å²) in [5.74, 6) is 0.875. The zero-order chi connectivity index (χ0) is 26.1. The van der Waals surface area contributed by atoms with Crippen molar-refractivity contribution in [3.05, 3.63) is 86.6 Å². The molecule has 0 aliphatic rings. The highest BCUT2D eigenvalue weighted by Crippen LogP contribution is 2.26. The molecule has 3 aromatic rings. The van der Waals surface area contributed by atoms with Crippen LogP contribution in [0.25, 0.3) is 11.3 Å². The number of hydrogen-bond acceptors (Lipinski definition) is 5. The number of nitrogens with one attached hydrogen (secondary N) is 2. The molecule has 2 aromatic carbocycles. The third-order valence-electron chi connectivity index (χ3n) is 6.01. The summed E-state index contributed by atoms with van der Waals surface area (Å²) in [5, 5.41) is 10.3. The maximum Gasteiger partial charge on any atom is 0.183 e. The Balaban J connectivity index is 1.49. The van der Waals surface area contributed by atoms with Gasteiger partial charge in [0.15, 0.2) is 5.88 Å². The topological polar surface area (TPSA) is 46.2 Å². The molecule has 0 saturated carbocycles. The lowest BCUT2D eigenvalue weighted by Gasteiger charge is -2.24. The first kappa shape index (κ1) is 27.9. The van der Waals surface area contributed by atoms with E-state index >= 15 is 0 Å². The van der Waals surface area contributed by atoms with E-state index in [1.807, 2.05) is 0 Å². The molecule has 36 heavy (non-hydrogen) atoms. The van der Waals surface area contributed by atoms with Crippen molar-refractivity contribution in [2.75, 3.05) is 19.6 Å². The molecular formula is C31H43N3OS. The van der Waals surface area contributed by atoms with E-state index in [1.54, 1.807) is 11.3 Å². The highest BCUT2D eigenvalue weighted by molar-refractivity contribution is 7.10. The van der Waals surface area contributed by atoms with Crippen LogP contribution in [0.1, 0.15) is 66.9 Å². The van der Waals surface area contributed by atoms with Crippen LogP contribution in [-0.2, 0) is 17.6 Å². The third-order valence-corrected chi connectivity index (χ3v) is 6.86. The minimum absolute atomic E-state index is 0.189. The molecule has 194 valence electrons. The molecule has 1 heterocycles. The Kier molecular flexibility index (Phi) is 10.1. The van der Waals surface area contributed by atoms with Crippen molar-refractivity contribution in [3.8, 4) is 11.3 Å². The first-order valence-electron chi connectivity index (χ1n) is 13.1. The minimum Gasteiger partial charge on any atom is -0.474 e. The van der Waals surface area contributed by atoms with Gasteiger partial charge in [0, 0.05) is 30.5 Å². The third kappa shape index (κ3) is 8.79. The second kappa shape index (κ2) is 13.1. The number of aromatic nitrogens is 1. The van der Waals surface area contributed by atoms with E-state index in [0.717, 1.165) is 50.5 Å². The van der Waals surface area contributed by atoms with Gasteiger partial charge in [-0.2, -0.15) is 0 Å². The number of benzene rings is 2. The Morgan fingerprint density at radius 3 is 2.36 bits per heavy atom. The van der Waals surface area contributed by atoms with E-state index < -0.39 is 0 Å². The number of nitrogens with zero attached hydrogens (tertiary/aromatic N) is 1. The van der Waals surface area contributed by atoms with Crippen molar-refractivity contribution in [2.45, 2.75) is 73.3 Å². The average Bonchev–Trinajstić information content (AvgIpc) is 3.27. The lowest BCUT2D eigenvalue weighted by molar-refractivity contribution is 0.0400. The molecule has 0 unspecified atom stereocenters. The van der Waals surface area contributed by atoms with Gasteiger partial charge in [-0.25, -0.2) is 4.98 Å². The van der Waals surface area contributed by atoms with Gasteiger partial charge in [0.05, 0.1) is 10.7 Å². The first-order valence-corrected chi connectivity index (χ1v) is 14.0. The quantitative estimate of drug-likeness (QED) is 0.203. The van der Waals surface area contributed by atoms with Crippen LogP contribution in [-0.4, -0.2) is 30.2 Å². The van der Waals surface area contributed by atoms with Crippen LogP contribution in [0.15, 0.2) is 53.7 Å². The summed E-state index contributed by atoms with van der Waals surface area (Å²) < 4.78 is 5.98.